The first-order valence-electron chi connectivity index (χ1n) is 7.04. The minimum Gasteiger partial charge on any atom is -0.489 e. The van der Waals surface area contributed by atoms with Gasteiger partial charge >= 0.3 is 0 Å². The Morgan fingerprint density at radius 3 is 2.68 bits per heavy atom. The van der Waals surface area contributed by atoms with Crippen molar-refractivity contribution >= 4 is 0 Å². The second-order valence-corrected chi connectivity index (χ2v) is 4.87. The normalized spacial score (nSPS) is 9.95. The number of pyridine rings is 1. The summed E-state index contributed by atoms with van der Waals surface area (Å²) in [6.07, 6.45) is 8.98. The summed E-state index contributed by atoms with van der Waals surface area (Å²) in [6, 6.07) is 20.0. The van der Waals surface area contributed by atoms with Gasteiger partial charge in [-0.15, -0.1) is 6.42 Å². The van der Waals surface area contributed by atoms with E-state index in [0.717, 1.165) is 28.0 Å². The van der Waals surface area contributed by atoms with Gasteiger partial charge in [0, 0.05) is 18.0 Å². The quantitative estimate of drug-likeness (QED) is 0.666. The molecule has 0 aliphatic rings. The molecule has 1 aromatic heterocycles. The predicted molar refractivity (Wildman–Crippen MR) is 88.4 cm³/mol. The molecule has 0 saturated heterocycles. The molecule has 2 aromatic carbocycles. The summed E-state index contributed by atoms with van der Waals surface area (Å²) in [5.41, 5.74) is 3.94. The molecule has 0 unspecified atom stereocenters. The highest BCUT2D eigenvalue weighted by molar-refractivity contribution is 5.71. The topological polar surface area (TPSA) is 22.1 Å². The van der Waals surface area contributed by atoms with E-state index in [4.69, 9.17) is 11.2 Å². The van der Waals surface area contributed by atoms with E-state index in [1.54, 1.807) is 12.4 Å². The lowest BCUT2D eigenvalue weighted by molar-refractivity contribution is 0.306. The molecule has 0 saturated carbocycles. The summed E-state index contributed by atoms with van der Waals surface area (Å²) in [5.74, 6) is 3.49. The first-order chi connectivity index (χ1) is 10.9. The molecule has 0 aliphatic heterocycles. The van der Waals surface area contributed by atoms with Gasteiger partial charge in [0.2, 0.25) is 0 Å². The lowest BCUT2D eigenvalue weighted by Gasteiger charge is -2.09. The Balaban J connectivity index is 1.83. The third-order valence-electron chi connectivity index (χ3n) is 3.37. The summed E-state index contributed by atoms with van der Waals surface area (Å²) in [5, 5.41) is 0. The lowest BCUT2D eigenvalue weighted by atomic mass is 10.0. The largest absolute Gasteiger partial charge is 0.489 e. The maximum absolute atomic E-state index is 5.86. The van der Waals surface area contributed by atoms with E-state index < -0.39 is 0 Å². The fourth-order valence-corrected chi connectivity index (χ4v) is 2.26. The second-order valence-electron chi connectivity index (χ2n) is 4.87. The lowest BCUT2D eigenvalue weighted by Crippen LogP contribution is -1.95. The molecule has 1 heterocycles. The van der Waals surface area contributed by atoms with Crippen LogP contribution < -0.4 is 4.74 Å². The van der Waals surface area contributed by atoms with Crippen LogP contribution in [0.5, 0.6) is 5.75 Å². The van der Waals surface area contributed by atoms with Crippen molar-refractivity contribution in [1.82, 2.24) is 4.98 Å². The van der Waals surface area contributed by atoms with Crippen molar-refractivity contribution < 1.29 is 4.74 Å². The molecule has 0 radical (unpaired) electrons. The van der Waals surface area contributed by atoms with Gasteiger partial charge in [-0.2, -0.15) is 0 Å². The van der Waals surface area contributed by atoms with Gasteiger partial charge in [0.25, 0.3) is 0 Å². The Morgan fingerprint density at radius 1 is 1.00 bits per heavy atom. The highest BCUT2D eigenvalue weighted by Gasteiger charge is 2.04. The molecule has 3 rings (SSSR count). The van der Waals surface area contributed by atoms with Crippen LogP contribution in [0.2, 0.25) is 0 Å². The maximum atomic E-state index is 5.86. The van der Waals surface area contributed by atoms with E-state index in [1.807, 2.05) is 60.7 Å². The van der Waals surface area contributed by atoms with E-state index in [0.29, 0.717) is 6.61 Å². The first-order valence-corrected chi connectivity index (χ1v) is 7.04. The van der Waals surface area contributed by atoms with Crippen LogP contribution in [0.25, 0.3) is 11.1 Å². The van der Waals surface area contributed by atoms with Gasteiger partial charge in [0.1, 0.15) is 12.4 Å². The van der Waals surface area contributed by atoms with E-state index in [9.17, 15) is 0 Å². The highest BCUT2D eigenvalue weighted by Crippen LogP contribution is 2.26. The average molecular weight is 285 g/mol. The zero-order valence-electron chi connectivity index (χ0n) is 12.1. The zero-order valence-corrected chi connectivity index (χ0v) is 12.1. The molecular formula is C20H15NO. The van der Waals surface area contributed by atoms with Crippen LogP contribution in [0.4, 0.5) is 0 Å². The van der Waals surface area contributed by atoms with Gasteiger partial charge in [-0.1, -0.05) is 48.4 Å². The standard InChI is InChI=1S/C20H15NO/c1-2-17-14-21-12-11-20(17)18-9-6-10-19(13-18)22-15-16-7-4-3-5-8-16/h1,3-14H,15H2. The minimum absolute atomic E-state index is 0.544. The Morgan fingerprint density at radius 2 is 1.86 bits per heavy atom. The Hall–Kier alpha value is -3.05. The fourth-order valence-electron chi connectivity index (χ4n) is 2.26. The van der Waals surface area contributed by atoms with Gasteiger partial charge in [-0.25, -0.2) is 0 Å². The van der Waals surface area contributed by atoms with Crippen molar-refractivity contribution in [3.05, 3.63) is 84.2 Å². The van der Waals surface area contributed by atoms with Crippen molar-refractivity contribution in [2.75, 3.05) is 0 Å². The first kappa shape index (κ1) is 13.9. The van der Waals surface area contributed by atoms with Crippen molar-refractivity contribution in [1.29, 1.82) is 0 Å². The van der Waals surface area contributed by atoms with Crippen molar-refractivity contribution in [3.8, 4) is 29.2 Å². The summed E-state index contributed by atoms with van der Waals surface area (Å²) < 4.78 is 5.86. The number of nitrogens with zero attached hydrogens (tertiary/aromatic N) is 1. The fraction of sp³-hybridized carbons (Fsp3) is 0.0500. The van der Waals surface area contributed by atoms with Crippen LogP contribution in [-0.4, -0.2) is 4.98 Å². The molecule has 0 bridgehead atoms. The van der Waals surface area contributed by atoms with Gasteiger partial charge in [0.15, 0.2) is 0 Å². The summed E-state index contributed by atoms with van der Waals surface area (Å²) in [6.45, 7) is 0.544. The second kappa shape index (κ2) is 6.60. The average Bonchev–Trinajstić information content (AvgIpc) is 2.61. The molecule has 2 nitrogen and oxygen atoms in total. The number of ether oxygens (including phenoxy) is 1. The number of hydrogen-bond donors (Lipinski definition) is 0. The SMILES string of the molecule is C#Cc1cnccc1-c1cccc(OCc2ccccc2)c1. The molecule has 3 aromatic rings. The van der Waals surface area contributed by atoms with Crippen molar-refractivity contribution in [2.24, 2.45) is 0 Å². The van der Waals surface area contributed by atoms with Crippen LogP contribution in [0.15, 0.2) is 73.1 Å². The Kier molecular flexibility index (Phi) is 4.17. The molecule has 0 atom stereocenters. The van der Waals surface area contributed by atoms with Gasteiger partial charge in [-0.05, 0) is 29.3 Å². The van der Waals surface area contributed by atoms with Crippen LogP contribution in [-0.2, 0) is 6.61 Å². The van der Waals surface area contributed by atoms with Crippen molar-refractivity contribution in [2.45, 2.75) is 6.61 Å². The smallest absolute Gasteiger partial charge is 0.120 e. The summed E-state index contributed by atoms with van der Waals surface area (Å²) in [4.78, 5) is 4.07. The van der Waals surface area contributed by atoms with Crippen LogP contribution in [0.3, 0.4) is 0 Å². The molecule has 0 fully saturated rings. The molecule has 106 valence electrons. The summed E-state index contributed by atoms with van der Waals surface area (Å²) >= 11 is 0. The van der Waals surface area contributed by atoms with Gasteiger partial charge in [0.05, 0.1) is 5.56 Å². The molecule has 0 spiro atoms. The van der Waals surface area contributed by atoms with Gasteiger partial charge < -0.3 is 4.74 Å². The highest BCUT2D eigenvalue weighted by atomic mass is 16.5. The molecule has 0 N–H and O–H groups in total. The van der Waals surface area contributed by atoms with Gasteiger partial charge in [-0.3, -0.25) is 4.98 Å². The zero-order chi connectivity index (χ0) is 15.2. The van der Waals surface area contributed by atoms with E-state index >= 15 is 0 Å². The van der Waals surface area contributed by atoms with Crippen molar-refractivity contribution in [3.63, 3.8) is 0 Å². The minimum atomic E-state index is 0.544. The number of terminal acetylenes is 1. The van der Waals surface area contributed by atoms with E-state index in [-0.39, 0.29) is 0 Å². The third kappa shape index (κ3) is 3.16. The van der Waals surface area contributed by atoms with E-state index in [1.165, 1.54) is 0 Å². The molecule has 0 amide bonds. The number of benzene rings is 2. The van der Waals surface area contributed by atoms with Crippen LogP contribution in [0.1, 0.15) is 11.1 Å². The molecular weight excluding hydrogens is 270 g/mol. The monoisotopic (exact) mass is 285 g/mol. The molecule has 2 heteroatoms. The number of aromatic nitrogens is 1. The van der Waals surface area contributed by atoms with E-state index in [2.05, 4.69) is 10.9 Å². The summed E-state index contributed by atoms with van der Waals surface area (Å²) in [7, 11) is 0. The Bertz CT molecular complexity index is 803. The maximum Gasteiger partial charge on any atom is 0.120 e. The molecule has 22 heavy (non-hydrogen) atoms. The number of rotatable bonds is 4. The number of hydrogen-bond acceptors (Lipinski definition) is 2. The Labute approximate surface area is 130 Å². The molecule has 0 aliphatic carbocycles. The third-order valence-corrected chi connectivity index (χ3v) is 3.37. The van der Waals surface area contributed by atoms with Crippen LogP contribution >= 0.6 is 0 Å². The van der Waals surface area contributed by atoms with Crippen LogP contribution in [0, 0.1) is 12.3 Å². The predicted octanol–water partition coefficient (Wildman–Crippen LogP) is 4.31.